The van der Waals surface area contributed by atoms with E-state index in [0.717, 1.165) is 25.7 Å². The predicted octanol–water partition coefficient (Wildman–Crippen LogP) is 2.39. The number of nitrogens with zero attached hydrogens (tertiary/aromatic N) is 1. The van der Waals surface area contributed by atoms with Crippen molar-refractivity contribution in [2.75, 3.05) is 19.6 Å². The van der Waals surface area contributed by atoms with Gasteiger partial charge in [-0.15, -0.1) is 0 Å². The van der Waals surface area contributed by atoms with E-state index < -0.39 is 12.2 Å². The van der Waals surface area contributed by atoms with Crippen LogP contribution in [0.2, 0.25) is 0 Å². The van der Waals surface area contributed by atoms with E-state index in [1.807, 2.05) is 0 Å². The fourth-order valence-corrected chi connectivity index (χ4v) is 2.45. The summed E-state index contributed by atoms with van der Waals surface area (Å²) in [5.74, 6) is 0.605. The maximum absolute atomic E-state index is 12.6. The van der Waals surface area contributed by atoms with Crippen LogP contribution in [0.25, 0.3) is 0 Å². The molecule has 0 amide bonds. The number of rotatable bonds is 4. The van der Waals surface area contributed by atoms with E-state index >= 15 is 0 Å². The molecule has 1 fully saturated rings. The van der Waals surface area contributed by atoms with Gasteiger partial charge in [-0.1, -0.05) is 19.8 Å². The van der Waals surface area contributed by atoms with E-state index in [-0.39, 0.29) is 6.54 Å². The number of alkyl halides is 3. The minimum atomic E-state index is -4.19. The average Bonchev–Trinajstić information content (AvgIpc) is 2.20. The molecule has 2 N–H and O–H groups in total. The molecule has 0 aromatic rings. The summed E-state index contributed by atoms with van der Waals surface area (Å²) >= 11 is 0. The van der Waals surface area contributed by atoms with Crippen molar-refractivity contribution in [3.05, 3.63) is 0 Å². The molecule has 0 aliphatic carbocycles. The zero-order valence-electron chi connectivity index (χ0n) is 9.76. The first-order chi connectivity index (χ1) is 7.49. The summed E-state index contributed by atoms with van der Waals surface area (Å²) in [6.45, 7) is 2.85. The average molecular weight is 238 g/mol. The number of piperidine rings is 1. The molecule has 0 saturated carbocycles. The van der Waals surface area contributed by atoms with Crippen molar-refractivity contribution in [1.82, 2.24) is 4.90 Å². The number of likely N-dealkylation sites (tertiary alicyclic amines) is 1. The van der Waals surface area contributed by atoms with Crippen molar-refractivity contribution in [2.45, 2.75) is 44.8 Å². The van der Waals surface area contributed by atoms with Crippen LogP contribution in [0.3, 0.4) is 0 Å². The summed E-state index contributed by atoms with van der Waals surface area (Å²) < 4.78 is 37.9. The summed E-state index contributed by atoms with van der Waals surface area (Å²) in [5, 5.41) is 0. The molecule has 1 aliphatic rings. The molecular weight excluding hydrogens is 217 g/mol. The lowest BCUT2D eigenvalue weighted by molar-refractivity contribution is -0.184. The summed E-state index contributed by atoms with van der Waals surface area (Å²) in [6, 6.07) is -1.45. The van der Waals surface area contributed by atoms with Gasteiger partial charge in [0.15, 0.2) is 0 Å². The van der Waals surface area contributed by atoms with E-state index in [0.29, 0.717) is 19.0 Å². The monoisotopic (exact) mass is 238 g/mol. The molecule has 1 aliphatic heterocycles. The number of hydrogen-bond donors (Lipinski definition) is 1. The van der Waals surface area contributed by atoms with Gasteiger partial charge in [-0.2, -0.15) is 13.2 Å². The van der Waals surface area contributed by atoms with E-state index in [1.165, 1.54) is 4.90 Å². The Labute approximate surface area is 95.0 Å². The molecular formula is C11H21F3N2. The number of hydrogen-bond acceptors (Lipinski definition) is 2. The molecule has 1 atom stereocenters. The Balaban J connectivity index is 2.45. The largest absolute Gasteiger partial charge is 0.405 e. The zero-order valence-corrected chi connectivity index (χ0v) is 9.76. The van der Waals surface area contributed by atoms with Gasteiger partial charge in [0.1, 0.15) is 6.04 Å². The maximum atomic E-state index is 12.6. The van der Waals surface area contributed by atoms with Crippen LogP contribution in [0.4, 0.5) is 13.2 Å². The number of halogens is 3. The minimum absolute atomic E-state index is 0.331. The van der Waals surface area contributed by atoms with Crippen LogP contribution < -0.4 is 5.73 Å². The smallest absolute Gasteiger partial charge is 0.329 e. The van der Waals surface area contributed by atoms with Gasteiger partial charge >= 0.3 is 6.18 Å². The normalized spacial score (nSPS) is 22.3. The van der Waals surface area contributed by atoms with Crippen molar-refractivity contribution >= 4 is 0 Å². The standard InChI is InChI=1S/C11H21F3N2/c1-2-3-9-4-6-16(7-5-9)10(8-15)11(12,13)14/h9-10H,2-8,15H2,1H3. The van der Waals surface area contributed by atoms with Crippen LogP contribution in [-0.4, -0.2) is 36.8 Å². The van der Waals surface area contributed by atoms with Crippen LogP contribution in [-0.2, 0) is 0 Å². The highest BCUT2D eigenvalue weighted by Crippen LogP contribution is 2.29. The van der Waals surface area contributed by atoms with Crippen LogP contribution in [0.1, 0.15) is 32.6 Å². The second kappa shape index (κ2) is 5.87. The molecule has 1 rings (SSSR count). The molecule has 0 spiro atoms. The fraction of sp³-hybridized carbons (Fsp3) is 1.00. The molecule has 5 heteroatoms. The van der Waals surface area contributed by atoms with Gasteiger partial charge in [0.05, 0.1) is 0 Å². The highest BCUT2D eigenvalue weighted by atomic mass is 19.4. The third kappa shape index (κ3) is 3.63. The van der Waals surface area contributed by atoms with Gasteiger partial charge < -0.3 is 5.73 Å². The molecule has 0 radical (unpaired) electrons. The molecule has 0 aromatic heterocycles. The highest BCUT2D eigenvalue weighted by Gasteiger charge is 2.43. The van der Waals surface area contributed by atoms with Gasteiger partial charge in [0, 0.05) is 6.54 Å². The molecule has 16 heavy (non-hydrogen) atoms. The van der Waals surface area contributed by atoms with Crippen LogP contribution in [0.15, 0.2) is 0 Å². The topological polar surface area (TPSA) is 29.3 Å². The summed E-state index contributed by atoms with van der Waals surface area (Å²) in [7, 11) is 0. The molecule has 96 valence electrons. The van der Waals surface area contributed by atoms with E-state index in [4.69, 9.17) is 5.73 Å². The Morgan fingerprint density at radius 2 is 1.88 bits per heavy atom. The Hall–Kier alpha value is -0.290. The molecule has 1 heterocycles. The van der Waals surface area contributed by atoms with Crippen molar-refractivity contribution in [2.24, 2.45) is 11.7 Å². The van der Waals surface area contributed by atoms with E-state index in [1.54, 1.807) is 0 Å². The lowest BCUT2D eigenvalue weighted by Crippen LogP contribution is -2.52. The van der Waals surface area contributed by atoms with E-state index in [2.05, 4.69) is 6.92 Å². The van der Waals surface area contributed by atoms with E-state index in [9.17, 15) is 13.2 Å². The Morgan fingerprint density at radius 1 is 1.31 bits per heavy atom. The van der Waals surface area contributed by atoms with Gasteiger partial charge in [-0.3, -0.25) is 4.90 Å². The molecule has 0 aromatic carbocycles. The van der Waals surface area contributed by atoms with Crippen LogP contribution in [0, 0.1) is 5.92 Å². The van der Waals surface area contributed by atoms with Gasteiger partial charge in [-0.05, 0) is 31.8 Å². The number of nitrogens with two attached hydrogens (primary N) is 1. The van der Waals surface area contributed by atoms with Crippen molar-refractivity contribution < 1.29 is 13.2 Å². The first-order valence-electron chi connectivity index (χ1n) is 5.99. The summed E-state index contributed by atoms with van der Waals surface area (Å²) in [5.41, 5.74) is 5.22. The predicted molar refractivity (Wildman–Crippen MR) is 58.1 cm³/mol. The van der Waals surface area contributed by atoms with Gasteiger partial charge in [0.2, 0.25) is 0 Å². The Bertz CT molecular complexity index is 198. The quantitative estimate of drug-likeness (QED) is 0.814. The summed E-state index contributed by atoms with van der Waals surface area (Å²) in [4.78, 5) is 1.49. The molecule has 1 unspecified atom stereocenters. The van der Waals surface area contributed by atoms with Gasteiger partial charge in [-0.25, -0.2) is 0 Å². The molecule has 0 bridgehead atoms. The second-order valence-corrected chi connectivity index (χ2v) is 4.56. The molecule has 1 saturated heterocycles. The fourth-order valence-electron chi connectivity index (χ4n) is 2.45. The first-order valence-corrected chi connectivity index (χ1v) is 5.99. The Kier molecular flexibility index (Phi) is 5.05. The van der Waals surface area contributed by atoms with Crippen molar-refractivity contribution in [3.8, 4) is 0 Å². The Morgan fingerprint density at radius 3 is 2.25 bits per heavy atom. The zero-order chi connectivity index (χ0) is 12.2. The third-order valence-electron chi connectivity index (χ3n) is 3.39. The lowest BCUT2D eigenvalue weighted by Gasteiger charge is -2.37. The highest BCUT2D eigenvalue weighted by molar-refractivity contribution is 4.83. The lowest BCUT2D eigenvalue weighted by atomic mass is 9.91. The third-order valence-corrected chi connectivity index (χ3v) is 3.39. The minimum Gasteiger partial charge on any atom is -0.329 e. The van der Waals surface area contributed by atoms with Crippen LogP contribution in [0.5, 0.6) is 0 Å². The molecule has 2 nitrogen and oxygen atoms in total. The van der Waals surface area contributed by atoms with Crippen molar-refractivity contribution in [3.63, 3.8) is 0 Å². The summed E-state index contributed by atoms with van der Waals surface area (Å²) in [6.07, 6.45) is -0.190. The van der Waals surface area contributed by atoms with Crippen LogP contribution >= 0.6 is 0 Å². The second-order valence-electron chi connectivity index (χ2n) is 4.56. The SMILES string of the molecule is CCCC1CCN(C(CN)C(F)(F)F)CC1. The maximum Gasteiger partial charge on any atom is 0.405 e. The van der Waals surface area contributed by atoms with Gasteiger partial charge in [0.25, 0.3) is 0 Å². The first kappa shape index (κ1) is 13.8. The van der Waals surface area contributed by atoms with Crippen molar-refractivity contribution in [1.29, 1.82) is 0 Å².